The number of carbonyl (C=O) groups is 2. The van der Waals surface area contributed by atoms with Crippen molar-refractivity contribution in [2.75, 3.05) is 6.54 Å². The van der Waals surface area contributed by atoms with Gasteiger partial charge in [-0.3, -0.25) is 4.79 Å². The fourth-order valence-electron chi connectivity index (χ4n) is 1.20. The summed E-state index contributed by atoms with van der Waals surface area (Å²) in [7, 11) is 0. The number of ether oxygens (including phenoxy) is 1. The molecule has 1 fully saturated rings. The third-order valence-corrected chi connectivity index (χ3v) is 2.04. The number of hydrogen-bond acceptors (Lipinski definition) is 3. The van der Waals surface area contributed by atoms with E-state index >= 15 is 0 Å². The predicted octanol–water partition coefficient (Wildman–Crippen LogP) is 1.88. The van der Waals surface area contributed by atoms with Gasteiger partial charge in [0.15, 0.2) is 5.78 Å². The van der Waals surface area contributed by atoms with Gasteiger partial charge < -0.3 is 10.1 Å². The molecule has 1 N–H and O–H groups in total. The Kier molecular flexibility index (Phi) is 3.72. The Bertz CT molecular complexity index is 251. The van der Waals surface area contributed by atoms with Gasteiger partial charge in [0.25, 0.3) is 0 Å². The summed E-state index contributed by atoms with van der Waals surface area (Å²) in [5.41, 5.74) is -0.510. The summed E-state index contributed by atoms with van der Waals surface area (Å²) >= 11 is 0. The molecule has 15 heavy (non-hydrogen) atoms. The van der Waals surface area contributed by atoms with Crippen molar-refractivity contribution in [1.82, 2.24) is 5.32 Å². The second-order valence-electron chi connectivity index (χ2n) is 5.04. The molecule has 0 saturated heterocycles. The van der Waals surface area contributed by atoms with Gasteiger partial charge in [-0.25, -0.2) is 4.79 Å². The van der Waals surface area contributed by atoms with Crippen LogP contribution in [0.4, 0.5) is 4.79 Å². The Balaban J connectivity index is 2.12. The molecule has 0 bridgehead atoms. The molecule has 0 aromatic rings. The molecule has 1 aliphatic rings. The van der Waals surface area contributed by atoms with Crippen LogP contribution >= 0.6 is 0 Å². The Labute approximate surface area is 90.4 Å². The highest BCUT2D eigenvalue weighted by molar-refractivity contribution is 5.84. The molecule has 0 spiro atoms. The van der Waals surface area contributed by atoms with E-state index in [1.165, 1.54) is 0 Å². The lowest BCUT2D eigenvalue weighted by Crippen LogP contribution is -2.35. The van der Waals surface area contributed by atoms with Gasteiger partial charge in [-0.05, 0) is 39.5 Å². The van der Waals surface area contributed by atoms with Crippen LogP contribution in [0.2, 0.25) is 0 Å². The number of carbonyl (C=O) groups excluding carboxylic acids is 2. The van der Waals surface area contributed by atoms with Crippen molar-refractivity contribution >= 4 is 11.9 Å². The molecule has 1 aliphatic carbocycles. The summed E-state index contributed by atoms with van der Waals surface area (Å²) in [4.78, 5) is 22.5. The maximum absolute atomic E-state index is 11.3. The third-order valence-electron chi connectivity index (χ3n) is 2.04. The van der Waals surface area contributed by atoms with E-state index < -0.39 is 11.7 Å². The first-order valence-corrected chi connectivity index (χ1v) is 5.35. The SMILES string of the molecule is CC(C)(C)OC(=O)NCC(=O)CC1CC1. The number of amides is 1. The Morgan fingerprint density at radius 3 is 2.40 bits per heavy atom. The largest absolute Gasteiger partial charge is 0.444 e. The van der Waals surface area contributed by atoms with Crippen molar-refractivity contribution < 1.29 is 14.3 Å². The molecule has 0 aromatic carbocycles. The molecule has 0 radical (unpaired) electrons. The van der Waals surface area contributed by atoms with Crippen LogP contribution in [-0.4, -0.2) is 24.0 Å². The summed E-state index contributed by atoms with van der Waals surface area (Å²) in [5, 5.41) is 2.46. The second kappa shape index (κ2) is 4.64. The van der Waals surface area contributed by atoms with E-state index in [0.29, 0.717) is 12.3 Å². The maximum atomic E-state index is 11.3. The molecule has 1 saturated carbocycles. The maximum Gasteiger partial charge on any atom is 0.408 e. The van der Waals surface area contributed by atoms with Gasteiger partial charge in [0.05, 0.1) is 6.54 Å². The Morgan fingerprint density at radius 1 is 1.33 bits per heavy atom. The smallest absolute Gasteiger partial charge is 0.408 e. The number of rotatable bonds is 4. The third kappa shape index (κ3) is 6.10. The van der Waals surface area contributed by atoms with Crippen LogP contribution in [0.1, 0.15) is 40.0 Å². The van der Waals surface area contributed by atoms with Gasteiger partial charge in [-0.1, -0.05) is 0 Å². The fourth-order valence-corrected chi connectivity index (χ4v) is 1.20. The Morgan fingerprint density at radius 2 is 1.93 bits per heavy atom. The molecular weight excluding hydrogens is 194 g/mol. The summed E-state index contributed by atoms with van der Waals surface area (Å²) in [6, 6.07) is 0. The van der Waals surface area contributed by atoms with E-state index in [4.69, 9.17) is 4.74 Å². The first-order chi connectivity index (χ1) is 6.87. The average Bonchev–Trinajstić information content (AvgIpc) is 2.81. The van der Waals surface area contributed by atoms with Crippen LogP contribution in [0.25, 0.3) is 0 Å². The molecule has 4 nitrogen and oxygen atoms in total. The van der Waals surface area contributed by atoms with E-state index in [-0.39, 0.29) is 12.3 Å². The van der Waals surface area contributed by atoms with Crippen LogP contribution in [0.15, 0.2) is 0 Å². The molecule has 0 aliphatic heterocycles. The lowest BCUT2D eigenvalue weighted by molar-refractivity contribution is -0.118. The molecule has 1 rings (SSSR count). The molecule has 0 aromatic heterocycles. The van der Waals surface area contributed by atoms with E-state index in [1.807, 2.05) is 0 Å². The highest BCUT2D eigenvalue weighted by atomic mass is 16.6. The lowest BCUT2D eigenvalue weighted by Gasteiger charge is -2.19. The molecule has 4 heteroatoms. The van der Waals surface area contributed by atoms with Gasteiger partial charge in [0.1, 0.15) is 5.60 Å². The molecule has 0 unspecified atom stereocenters. The van der Waals surface area contributed by atoms with E-state index in [1.54, 1.807) is 20.8 Å². The molecule has 1 amide bonds. The summed E-state index contributed by atoms with van der Waals surface area (Å²) in [5.74, 6) is 0.654. The monoisotopic (exact) mass is 213 g/mol. The Hall–Kier alpha value is -1.06. The quantitative estimate of drug-likeness (QED) is 0.775. The van der Waals surface area contributed by atoms with Crippen molar-refractivity contribution in [3.63, 3.8) is 0 Å². The average molecular weight is 213 g/mol. The van der Waals surface area contributed by atoms with Gasteiger partial charge >= 0.3 is 6.09 Å². The van der Waals surface area contributed by atoms with Crippen LogP contribution in [0.5, 0.6) is 0 Å². The summed E-state index contributed by atoms with van der Waals surface area (Å²) < 4.78 is 5.01. The molecule has 0 atom stereocenters. The van der Waals surface area contributed by atoms with Gasteiger partial charge in [0.2, 0.25) is 0 Å². The van der Waals surface area contributed by atoms with Gasteiger partial charge in [-0.2, -0.15) is 0 Å². The van der Waals surface area contributed by atoms with Crippen molar-refractivity contribution in [1.29, 1.82) is 0 Å². The summed E-state index contributed by atoms with van der Waals surface area (Å²) in [6.07, 6.45) is 2.37. The summed E-state index contributed by atoms with van der Waals surface area (Å²) in [6.45, 7) is 5.46. The van der Waals surface area contributed by atoms with Gasteiger partial charge in [0, 0.05) is 6.42 Å². The topological polar surface area (TPSA) is 55.4 Å². The van der Waals surface area contributed by atoms with Crippen molar-refractivity contribution in [3.05, 3.63) is 0 Å². The highest BCUT2D eigenvalue weighted by Crippen LogP contribution is 2.32. The zero-order valence-corrected chi connectivity index (χ0v) is 9.63. The predicted molar refractivity (Wildman–Crippen MR) is 56.6 cm³/mol. The first kappa shape index (κ1) is 12.0. The van der Waals surface area contributed by atoms with E-state index in [2.05, 4.69) is 5.32 Å². The molecule has 86 valence electrons. The number of Topliss-reactive ketones (excluding diaryl/α,β-unsaturated/α-hetero) is 1. The minimum Gasteiger partial charge on any atom is -0.444 e. The fraction of sp³-hybridized carbons (Fsp3) is 0.818. The minimum atomic E-state index is -0.522. The number of ketones is 1. The van der Waals surface area contributed by atoms with Crippen LogP contribution in [0.3, 0.4) is 0 Å². The lowest BCUT2D eigenvalue weighted by atomic mass is 10.2. The van der Waals surface area contributed by atoms with Crippen LogP contribution < -0.4 is 5.32 Å². The zero-order valence-electron chi connectivity index (χ0n) is 9.63. The van der Waals surface area contributed by atoms with Gasteiger partial charge in [-0.15, -0.1) is 0 Å². The van der Waals surface area contributed by atoms with Crippen LogP contribution in [-0.2, 0) is 9.53 Å². The van der Waals surface area contributed by atoms with Crippen molar-refractivity contribution in [2.45, 2.75) is 45.6 Å². The number of alkyl carbamates (subject to hydrolysis) is 1. The second-order valence-corrected chi connectivity index (χ2v) is 5.04. The number of nitrogens with one attached hydrogen (secondary N) is 1. The standard InChI is InChI=1S/C11H19NO3/c1-11(2,3)15-10(14)12-7-9(13)6-8-4-5-8/h8H,4-7H2,1-3H3,(H,12,14). The molecular formula is C11H19NO3. The zero-order chi connectivity index (χ0) is 11.5. The van der Waals surface area contributed by atoms with Crippen molar-refractivity contribution in [2.24, 2.45) is 5.92 Å². The molecule has 0 heterocycles. The number of hydrogen-bond donors (Lipinski definition) is 1. The highest BCUT2D eigenvalue weighted by Gasteiger charge is 2.24. The first-order valence-electron chi connectivity index (χ1n) is 5.35. The van der Waals surface area contributed by atoms with E-state index in [9.17, 15) is 9.59 Å². The normalized spacial score (nSPS) is 15.9. The van der Waals surface area contributed by atoms with Crippen LogP contribution in [0, 0.1) is 5.92 Å². The minimum absolute atomic E-state index is 0.0864. The van der Waals surface area contributed by atoms with Crippen molar-refractivity contribution in [3.8, 4) is 0 Å². The van der Waals surface area contributed by atoms with E-state index in [0.717, 1.165) is 12.8 Å².